The molecule has 0 bridgehead atoms. The fourth-order valence-corrected chi connectivity index (χ4v) is 1.84. The zero-order valence-electron chi connectivity index (χ0n) is 12.2. The van der Waals surface area contributed by atoms with Crippen LogP contribution in [-0.2, 0) is 16.1 Å². The molecule has 1 unspecified atom stereocenters. The number of hydrogen-bond acceptors (Lipinski definition) is 4. The van der Waals surface area contributed by atoms with Crippen molar-refractivity contribution in [2.75, 3.05) is 13.7 Å². The molecule has 4 N–H and O–H groups in total. The smallest absolute Gasteiger partial charge is 0.240 e. The minimum absolute atomic E-state index is 0. The van der Waals surface area contributed by atoms with E-state index < -0.39 is 11.9 Å². The fourth-order valence-electron chi connectivity index (χ4n) is 1.84. The highest BCUT2D eigenvalue weighted by Crippen LogP contribution is 2.13. The first-order valence-electron chi connectivity index (χ1n) is 6.43. The monoisotopic (exact) mass is 315 g/mol. The molecule has 1 atom stereocenters. The molecule has 0 aliphatic heterocycles. The molecule has 0 saturated carbocycles. The minimum Gasteiger partial charge on any atom is -0.497 e. The average Bonchev–Trinajstić information content (AvgIpc) is 2.44. The zero-order valence-corrected chi connectivity index (χ0v) is 13.1. The minimum atomic E-state index is -0.884. The summed E-state index contributed by atoms with van der Waals surface area (Å²) in [5.74, 6) is -0.0953. The van der Waals surface area contributed by atoms with E-state index in [0.29, 0.717) is 13.1 Å². The van der Waals surface area contributed by atoms with Crippen LogP contribution < -0.4 is 16.2 Å². The number of primary amides is 1. The highest BCUT2D eigenvalue weighted by molar-refractivity contribution is 5.87. The van der Waals surface area contributed by atoms with Gasteiger partial charge in [-0.3, -0.25) is 9.59 Å². The zero-order chi connectivity index (χ0) is 15.1. The van der Waals surface area contributed by atoms with Crippen molar-refractivity contribution in [2.24, 2.45) is 11.5 Å². The molecule has 1 aromatic carbocycles. The summed E-state index contributed by atoms with van der Waals surface area (Å²) in [7, 11) is 1.60. The molecule has 0 heterocycles. The van der Waals surface area contributed by atoms with E-state index in [-0.39, 0.29) is 24.7 Å². The van der Waals surface area contributed by atoms with Crippen LogP contribution in [0.5, 0.6) is 5.75 Å². The molecule has 0 aliphatic rings. The predicted octanol–water partition coefficient (Wildman–Crippen LogP) is 0.668. The summed E-state index contributed by atoms with van der Waals surface area (Å²) in [6.45, 7) is 2.81. The third-order valence-corrected chi connectivity index (χ3v) is 2.96. The number of carbonyl (C=O) groups is 2. The highest BCUT2D eigenvalue weighted by Gasteiger charge is 2.21. The summed E-state index contributed by atoms with van der Waals surface area (Å²) in [5, 5.41) is 0. The topological polar surface area (TPSA) is 98.7 Å². The molecule has 1 rings (SSSR count). The second kappa shape index (κ2) is 9.20. The molecule has 0 saturated heterocycles. The van der Waals surface area contributed by atoms with Gasteiger partial charge >= 0.3 is 0 Å². The maximum absolute atomic E-state index is 12.1. The second-order valence-corrected chi connectivity index (χ2v) is 4.48. The Morgan fingerprint density at radius 1 is 1.29 bits per heavy atom. The van der Waals surface area contributed by atoms with Gasteiger partial charge in [-0.2, -0.15) is 0 Å². The van der Waals surface area contributed by atoms with Gasteiger partial charge in [0.1, 0.15) is 5.75 Å². The van der Waals surface area contributed by atoms with Crippen LogP contribution in [0.4, 0.5) is 0 Å². The quantitative estimate of drug-likeness (QED) is 0.772. The molecule has 21 heavy (non-hydrogen) atoms. The summed E-state index contributed by atoms with van der Waals surface area (Å²) >= 11 is 0. The van der Waals surface area contributed by atoms with Gasteiger partial charge in [-0.05, 0) is 24.6 Å². The molecule has 0 aromatic heterocycles. The Kier molecular flexibility index (Phi) is 8.42. The van der Waals surface area contributed by atoms with E-state index in [1.807, 2.05) is 31.2 Å². The summed E-state index contributed by atoms with van der Waals surface area (Å²) in [4.78, 5) is 24.5. The van der Waals surface area contributed by atoms with Crippen LogP contribution in [0.3, 0.4) is 0 Å². The molecule has 6 nitrogen and oxygen atoms in total. The fraction of sp³-hybridized carbons (Fsp3) is 0.429. The molecule has 1 aromatic rings. The number of ether oxygens (including phenoxy) is 1. The van der Waals surface area contributed by atoms with Crippen LogP contribution in [0.1, 0.15) is 18.9 Å². The number of halogens is 1. The molecule has 0 spiro atoms. The first-order valence-corrected chi connectivity index (χ1v) is 6.43. The summed E-state index contributed by atoms with van der Waals surface area (Å²) in [6.07, 6.45) is -0.141. The third kappa shape index (κ3) is 6.01. The molecule has 0 aliphatic carbocycles. The maximum Gasteiger partial charge on any atom is 0.240 e. The van der Waals surface area contributed by atoms with Crippen LogP contribution in [0.15, 0.2) is 24.3 Å². The van der Waals surface area contributed by atoms with Gasteiger partial charge in [0.15, 0.2) is 0 Å². The van der Waals surface area contributed by atoms with Gasteiger partial charge in [0.05, 0.1) is 19.6 Å². The standard InChI is InChI=1S/C14H21N3O3.ClH/c1-3-17(14(19)12(15)8-13(16)18)9-10-4-6-11(20-2)7-5-10;/h4-7,12H,3,8-9,15H2,1-2H3,(H2,16,18);1H. The van der Waals surface area contributed by atoms with E-state index in [1.54, 1.807) is 12.0 Å². The van der Waals surface area contributed by atoms with Crippen molar-refractivity contribution in [3.8, 4) is 5.75 Å². The Labute approximate surface area is 130 Å². The number of likely N-dealkylation sites (N-methyl/N-ethyl adjacent to an activating group) is 1. The van der Waals surface area contributed by atoms with Crippen LogP contribution in [0.2, 0.25) is 0 Å². The number of nitrogens with zero attached hydrogens (tertiary/aromatic N) is 1. The lowest BCUT2D eigenvalue weighted by atomic mass is 10.1. The van der Waals surface area contributed by atoms with Crippen LogP contribution in [-0.4, -0.2) is 36.4 Å². The number of nitrogens with two attached hydrogens (primary N) is 2. The molecule has 0 fully saturated rings. The van der Waals surface area contributed by atoms with Crippen molar-refractivity contribution in [2.45, 2.75) is 25.9 Å². The van der Waals surface area contributed by atoms with Crippen LogP contribution in [0, 0.1) is 0 Å². The Hall–Kier alpha value is -1.79. The predicted molar refractivity (Wildman–Crippen MR) is 83.1 cm³/mol. The molecule has 7 heteroatoms. The van der Waals surface area contributed by atoms with Crippen molar-refractivity contribution < 1.29 is 14.3 Å². The van der Waals surface area contributed by atoms with Gasteiger partial charge in [0.25, 0.3) is 0 Å². The van der Waals surface area contributed by atoms with E-state index in [2.05, 4.69) is 0 Å². The Bertz CT molecular complexity index is 465. The lowest BCUT2D eigenvalue weighted by Crippen LogP contribution is -2.45. The first-order chi connectivity index (χ1) is 9.47. The van der Waals surface area contributed by atoms with Crippen LogP contribution in [0.25, 0.3) is 0 Å². The largest absolute Gasteiger partial charge is 0.497 e. The van der Waals surface area contributed by atoms with Gasteiger partial charge in [-0.15, -0.1) is 12.4 Å². The SMILES string of the molecule is CCN(Cc1ccc(OC)cc1)C(=O)C(N)CC(N)=O.Cl. The van der Waals surface area contributed by atoms with Gasteiger partial charge in [0, 0.05) is 13.1 Å². The Balaban J connectivity index is 0.00000400. The van der Waals surface area contributed by atoms with Gasteiger partial charge in [0.2, 0.25) is 11.8 Å². The van der Waals surface area contributed by atoms with Gasteiger partial charge in [-0.1, -0.05) is 12.1 Å². The van der Waals surface area contributed by atoms with E-state index in [0.717, 1.165) is 11.3 Å². The van der Waals surface area contributed by atoms with Gasteiger partial charge in [-0.25, -0.2) is 0 Å². The van der Waals surface area contributed by atoms with Gasteiger partial charge < -0.3 is 21.1 Å². The average molecular weight is 316 g/mol. The summed E-state index contributed by atoms with van der Waals surface area (Å²) in [5.41, 5.74) is 11.7. The number of amides is 2. The number of benzene rings is 1. The van der Waals surface area contributed by atoms with E-state index in [4.69, 9.17) is 16.2 Å². The van der Waals surface area contributed by atoms with Crippen molar-refractivity contribution in [3.05, 3.63) is 29.8 Å². The number of rotatable bonds is 7. The number of carbonyl (C=O) groups excluding carboxylic acids is 2. The molecule has 2 amide bonds. The third-order valence-electron chi connectivity index (χ3n) is 2.96. The van der Waals surface area contributed by atoms with Crippen molar-refractivity contribution in [3.63, 3.8) is 0 Å². The van der Waals surface area contributed by atoms with Crippen LogP contribution >= 0.6 is 12.4 Å². The summed E-state index contributed by atoms with van der Waals surface area (Å²) < 4.78 is 5.08. The van der Waals surface area contributed by atoms with Crippen molar-refractivity contribution >= 4 is 24.2 Å². The molecular weight excluding hydrogens is 294 g/mol. The molecule has 118 valence electrons. The maximum atomic E-state index is 12.1. The number of methoxy groups -OCH3 is 1. The van der Waals surface area contributed by atoms with Crippen molar-refractivity contribution in [1.29, 1.82) is 0 Å². The first kappa shape index (κ1) is 19.2. The normalized spacial score (nSPS) is 11.2. The highest BCUT2D eigenvalue weighted by atomic mass is 35.5. The lowest BCUT2D eigenvalue weighted by Gasteiger charge is -2.24. The van der Waals surface area contributed by atoms with E-state index >= 15 is 0 Å². The Morgan fingerprint density at radius 3 is 2.29 bits per heavy atom. The van der Waals surface area contributed by atoms with E-state index in [9.17, 15) is 9.59 Å². The van der Waals surface area contributed by atoms with Crippen molar-refractivity contribution in [1.82, 2.24) is 4.90 Å². The second-order valence-electron chi connectivity index (χ2n) is 4.48. The Morgan fingerprint density at radius 2 is 1.86 bits per heavy atom. The number of hydrogen-bond donors (Lipinski definition) is 2. The van der Waals surface area contributed by atoms with E-state index in [1.165, 1.54) is 0 Å². The summed E-state index contributed by atoms with van der Waals surface area (Å²) in [6, 6.07) is 6.54. The lowest BCUT2D eigenvalue weighted by molar-refractivity contribution is -0.135. The molecule has 0 radical (unpaired) electrons. The molecular formula is C14H22ClN3O3.